The molecule has 0 saturated heterocycles. The lowest BCUT2D eigenvalue weighted by atomic mass is 9.89. The second-order valence-electron chi connectivity index (χ2n) is 5.35. The maximum absolute atomic E-state index is 12.1. The van der Waals surface area contributed by atoms with Crippen molar-refractivity contribution in [3.63, 3.8) is 0 Å². The third-order valence-electron chi connectivity index (χ3n) is 3.82. The first-order chi connectivity index (χ1) is 9.22. The minimum absolute atomic E-state index is 0.0576. The van der Waals surface area contributed by atoms with Crippen molar-refractivity contribution in [2.75, 3.05) is 6.54 Å². The molecule has 0 fully saturated rings. The van der Waals surface area contributed by atoms with E-state index in [2.05, 4.69) is 12.1 Å². The first kappa shape index (κ1) is 14.1. The molecule has 0 bridgehead atoms. The van der Waals surface area contributed by atoms with Crippen LogP contribution in [0.3, 0.4) is 0 Å². The van der Waals surface area contributed by atoms with Gasteiger partial charge in [0, 0.05) is 0 Å². The van der Waals surface area contributed by atoms with Gasteiger partial charge in [-0.2, -0.15) is 0 Å². The lowest BCUT2D eigenvalue weighted by Gasteiger charge is -2.26. The quantitative estimate of drug-likeness (QED) is 0.829. The first-order valence-electron chi connectivity index (χ1n) is 7.20. The fourth-order valence-corrected chi connectivity index (χ4v) is 2.63. The molecule has 1 aliphatic carbocycles. The van der Waals surface area contributed by atoms with Gasteiger partial charge in [0.15, 0.2) is 0 Å². The molecule has 3 heteroatoms. The molecule has 2 rings (SSSR count). The van der Waals surface area contributed by atoms with Crippen LogP contribution in [0.25, 0.3) is 0 Å². The number of fused-ring (bicyclic) bond motifs is 1. The summed E-state index contributed by atoms with van der Waals surface area (Å²) < 4.78 is 5.70. The summed E-state index contributed by atoms with van der Waals surface area (Å²) in [5.74, 6) is -0.146. The van der Waals surface area contributed by atoms with Crippen molar-refractivity contribution < 1.29 is 9.53 Å². The van der Waals surface area contributed by atoms with E-state index < -0.39 is 0 Å². The van der Waals surface area contributed by atoms with Crippen molar-refractivity contribution in [2.24, 2.45) is 11.7 Å². The van der Waals surface area contributed by atoms with E-state index in [1.165, 1.54) is 11.1 Å². The summed E-state index contributed by atoms with van der Waals surface area (Å²) in [6.07, 6.45) is 4.74. The molecule has 0 aliphatic heterocycles. The fourth-order valence-electron chi connectivity index (χ4n) is 2.63. The zero-order valence-electron chi connectivity index (χ0n) is 11.6. The molecular weight excluding hydrogens is 238 g/mol. The van der Waals surface area contributed by atoms with Gasteiger partial charge in [-0.05, 0) is 49.8 Å². The highest BCUT2D eigenvalue weighted by atomic mass is 16.5. The number of hydrogen-bond acceptors (Lipinski definition) is 3. The Morgan fingerprint density at radius 2 is 2.26 bits per heavy atom. The van der Waals surface area contributed by atoms with Crippen LogP contribution in [0.4, 0.5) is 0 Å². The van der Waals surface area contributed by atoms with Crippen molar-refractivity contribution in [2.45, 2.75) is 45.1 Å². The molecule has 19 heavy (non-hydrogen) atoms. The van der Waals surface area contributed by atoms with Crippen LogP contribution in [0.5, 0.6) is 0 Å². The molecule has 104 valence electrons. The Morgan fingerprint density at radius 1 is 1.47 bits per heavy atom. The van der Waals surface area contributed by atoms with E-state index in [-0.39, 0.29) is 18.0 Å². The normalized spacial score (nSPS) is 19.6. The van der Waals surface area contributed by atoms with Crippen LogP contribution in [0.15, 0.2) is 24.3 Å². The molecule has 0 heterocycles. The molecule has 1 aliphatic rings. The van der Waals surface area contributed by atoms with Gasteiger partial charge in [0.1, 0.15) is 6.10 Å². The Kier molecular flexibility index (Phi) is 4.97. The minimum Gasteiger partial charge on any atom is -0.457 e. The third kappa shape index (κ3) is 3.57. The van der Waals surface area contributed by atoms with Crippen molar-refractivity contribution in [3.8, 4) is 0 Å². The van der Waals surface area contributed by atoms with Crippen LogP contribution in [-0.4, -0.2) is 12.5 Å². The Labute approximate surface area is 115 Å². The molecule has 0 radical (unpaired) electrons. The van der Waals surface area contributed by atoms with E-state index in [0.717, 1.165) is 32.1 Å². The van der Waals surface area contributed by atoms with Crippen LogP contribution in [0, 0.1) is 5.92 Å². The molecule has 1 aromatic rings. The number of nitrogens with two attached hydrogens (primary N) is 1. The van der Waals surface area contributed by atoms with E-state index in [4.69, 9.17) is 10.5 Å². The smallest absolute Gasteiger partial charge is 0.309 e. The number of hydrogen-bond donors (Lipinski definition) is 1. The Bertz CT molecular complexity index is 431. The fraction of sp³-hybridized carbons (Fsp3) is 0.562. The topological polar surface area (TPSA) is 52.3 Å². The summed E-state index contributed by atoms with van der Waals surface area (Å²) in [6, 6.07) is 8.28. The summed E-state index contributed by atoms with van der Waals surface area (Å²) in [5.41, 5.74) is 7.98. The SMILES string of the molecule is CC(CCCN)C(=O)OC1CCCc2ccccc21. The van der Waals surface area contributed by atoms with Crippen molar-refractivity contribution >= 4 is 5.97 Å². The predicted octanol–water partition coefficient (Wildman–Crippen LogP) is 2.98. The van der Waals surface area contributed by atoms with Crippen LogP contribution in [-0.2, 0) is 16.0 Å². The lowest BCUT2D eigenvalue weighted by Crippen LogP contribution is -2.21. The van der Waals surface area contributed by atoms with Gasteiger partial charge in [0.05, 0.1) is 5.92 Å². The number of rotatable bonds is 5. The number of aryl methyl sites for hydroxylation is 1. The maximum Gasteiger partial charge on any atom is 0.309 e. The average Bonchev–Trinajstić information content (AvgIpc) is 2.45. The molecule has 2 N–H and O–H groups in total. The summed E-state index contributed by atoms with van der Waals surface area (Å²) in [6.45, 7) is 2.55. The Hall–Kier alpha value is -1.35. The van der Waals surface area contributed by atoms with E-state index in [0.29, 0.717) is 6.54 Å². The van der Waals surface area contributed by atoms with Crippen molar-refractivity contribution in [3.05, 3.63) is 35.4 Å². The monoisotopic (exact) mass is 261 g/mol. The molecule has 0 saturated carbocycles. The van der Waals surface area contributed by atoms with Crippen LogP contribution < -0.4 is 5.73 Å². The van der Waals surface area contributed by atoms with E-state index in [1.807, 2.05) is 19.1 Å². The zero-order chi connectivity index (χ0) is 13.7. The van der Waals surface area contributed by atoms with Crippen molar-refractivity contribution in [1.82, 2.24) is 0 Å². The van der Waals surface area contributed by atoms with Gasteiger partial charge in [-0.15, -0.1) is 0 Å². The second-order valence-corrected chi connectivity index (χ2v) is 5.35. The molecule has 3 nitrogen and oxygen atoms in total. The molecule has 2 unspecified atom stereocenters. The minimum atomic E-state index is -0.0878. The molecule has 2 atom stereocenters. The van der Waals surface area contributed by atoms with E-state index >= 15 is 0 Å². The maximum atomic E-state index is 12.1. The van der Waals surface area contributed by atoms with Gasteiger partial charge in [-0.1, -0.05) is 31.2 Å². The Balaban J connectivity index is 1.98. The van der Waals surface area contributed by atoms with Gasteiger partial charge >= 0.3 is 5.97 Å². The Morgan fingerprint density at radius 3 is 3.05 bits per heavy atom. The largest absolute Gasteiger partial charge is 0.457 e. The van der Waals surface area contributed by atoms with Gasteiger partial charge in [0.2, 0.25) is 0 Å². The van der Waals surface area contributed by atoms with Gasteiger partial charge in [-0.25, -0.2) is 0 Å². The third-order valence-corrected chi connectivity index (χ3v) is 3.82. The van der Waals surface area contributed by atoms with Gasteiger partial charge in [-0.3, -0.25) is 4.79 Å². The molecule has 0 aromatic heterocycles. The summed E-state index contributed by atoms with van der Waals surface area (Å²) in [7, 11) is 0. The molecule has 1 aromatic carbocycles. The molecule has 0 spiro atoms. The standard InChI is InChI=1S/C16H23NO2/c1-12(6-5-11-17)16(18)19-15-10-4-8-13-7-2-3-9-14(13)15/h2-3,7,9,12,15H,4-6,8,10-11,17H2,1H3. The summed E-state index contributed by atoms with van der Waals surface area (Å²) in [5, 5.41) is 0. The highest BCUT2D eigenvalue weighted by molar-refractivity contribution is 5.72. The number of carbonyl (C=O) groups excluding carboxylic acids is 1. The first-order valence-corrected chi connectivity index (χ1v) is 7.20. The average molecular weight is 261 g/mol. The van der Waals surface area contributed by atoms with Crippen LogP contribution >= 0.6 is 0 Å². The second kappa shape index (κ2) is 6.71. The van der Waals surface area contributed by atoms with Gasteiger partial charge < -0.3 is 10.5 Å². The summed E-state index contributed by atoms with van der Waals surface area (Å²) in [4.78, 5) is 12.1. The number of esters is 1. The number of ether oxygens (including phenoxy) is 1. The van der Waals surface area contributed by atoms with Crippen LogP contribution in [0.1, 0.15) is 49.8 Å². The molecular formula is C16H23NO2. The lowest BCUT2D eigenvalue weighted by molar-refractivity contribution is -0.154. The van der Waals surface area contributed by atoms with E-state index in [9.17, 15) is 4.79 Å². The summed E-state index contributed by atoms with van der Waals surface area (Å²) >= 11 is 0. The molecule has 0 amide bonds. The number of benzene rings is 1. The van der Waals surface area contributed by atoms with Gasteiger partial charge in [0.25, 0.3) is 0 Å². The predicted molar refractivity (Wildman–Crippen MR) is 75.7 cm³/mol. The van der Waals surface area contributed by atoms with E-state index in [1.54, 1.807) is 0 Å². The highest BCUT2D eigenvalue weighted by Gasteiger charge is 2.25. The highest BCUT2D eigenvalue weighted by Crippen LogP contribution is 2.33. The zero-order valence-corrected chi connectivity index (χ0v) is 11.6. The number of carbonyl (C=O) groups is 1. The van der Waals surface area contributed by atoms with Crippen LogP contribution in [0.2, 0.25) is 0 Å². The van der Waals surface area contributed by atoms with Crippen molar-refractivity contribution in [1.29, 1.82) is 0 Å².